The second kappa shape index (κ2) is 5.99. The summed E-state index contributed by atoms with van der Waals surface area (Å²) in [5.41, 5.74) is 0.464. The number of hydrogen-bond donors (Lipinski definition) is 1. The Labute approximate surface area is 127 Å². The van der Waals surface area contributed by atoms with E-state index in [1.165, 1.54) is 4.31 Å². The second-order valence-electron chi connectivity index (χ2n) is 4.81. The van der Waals surface area contributed by atoms with Gasteiger partial charge in [-0.2, -0.15) is 12.7 Å². The SMILES string of the molecule is CC1CCCN(S(=O)(=O)Nc2cccc(Cl)c2Br)C1. The van der Waals surface area contributed by atoms with Crippen LogP contribution in [0.2, 0.25) is 5.02 Å². The van der Waals surface area contributed by atoms with E-state index in [1.807, 2.05) is 0 Å². The molecule has 2 rings (SSSR count). The van der Waals surface area contributed by atoms with Gasteiger partial charge in [0.2, 0.25) is 0 Å². The molecule has 0 saturated carbocycles. The predicted octanol–water partition coefficient (Wildman–Crippen LogP) is 3.49. The van der Waals surface area contributed by atoms with Crippen LogP contribution in [0.4, 0.5) is 5.69 Å². The fourth-order valence-corrected chi connectivity index (χ4v) is 4.22. The highest BCUT2D eigenvalue weighted by Crippen LogP contribution is 2.31. The lowest BCUT2D eigenvalue weighted by Gasteiger charge is -2.30. The van der Waals surface area contributed by atoms with Crippen LogP contribution in [0.3, 0.4) is 0 Å². The largest absolute Gasteiger partial charge is 0.301 e. The van der Waals surface area contributed by atoms with Crippen LogP contribution in [0.5, 0.6) is 0 Å². The molecular formula is C12H16BrClN2O2S. The molecule has 4 nitrogen and oxygen atoms in total. The van der Waals surface area contributed by atoms with Crippen molar-refractivity contribution in [3.8, 4) is 0 Å². The molecule has 0 bridgehead atoms. The third-order valence-electron chi connectivity index (χ3n) is 3.15. The van der Waals surface area contributed by atoms with Gasteiger partial charge in [0, 0.05) is 13.1 Å². The molecule has 19 heavy (non-hydrogen) atoms. The van der Waals surface area contributed by atoms with Crippen molar-refractivity contribution in [2.45, 2.75) is 19.8 Å². The average molecular weight is 368 g/mol. The zero-order valence-corrected chi connectivity index (χ0v) is 13.7. The summed E-state index contributed by atoms with van der Waals surface area (Å²) in [7, 11) is -3.51. The van der Waals surface area contributed by atoms with E-state index < -0.39 is 10.2 Å². The van der Waals surface area contributed by atoms with Crippen molar-refractivity contribution in [2.24, 2.45) is 5.92 Å². The molecule has 1 aromatic rings. The van der Waals surface area contributed by atoms with Crippen molar-refractivity contribution in [1.82, 2.24) is 4.31 Å². The van der Waals surface area contributed by atoms with Crippen LogP contribution in [0, 0.1) is 5.92 Å². The first kappa shape index (κ1) is 15.1. The van der Waals surface area contributed by atoms with Gasteiger partial charge in [-0.3, -0.25) is 4.72 Å². The van der Waals surface area contributed by atoms with Crippen LogP contribution in [-0.4, -0.2) is 25.8 Å². The molecule has 1 aliphatic rings. The third-order valence-corrected chi connectivity index (χ3v) is 6.04. The van der Waals surface area contributed by atoms with E-state index in [2.05, 4.69) is 27.6 Å². The zero-order chi connectivity index (χ0) is 14.0. The van der Waals surface area contributed by atoms with Crippen molar-refractivity contribution in [3.63, 3.8) is 0 Å². The Morgan fingerprint density at radius 2 is 2.21 bits per heavy atom. The summed E-state index contributed by atoms with van der Waals surface area (Å²) in [5.74, 6) is 0.396. The lowest BCUT2D eigenvalue weighted by atomic mass is 10.0. The molecule has 1 fully saturated rings. The van der Waals surface area contributed by atoms with E-state index in [4.69, 9.17) is 11.6 Å². The summed E-state index contributed by atoms with van der Waals surface area (Å²) in [5, 5.41) is 0.479. The Bertz CT molecular complexity index is 565. The fraction of sp³-hybridized carbons (Fsp3) is 0.500. The van der Waals surface area contributed by atoms with E-state index in [9.17, 15) is 8.42 Å². The maximum atomic E-state index is 12.3. The minimum absolute atomic E-state index is 0.396. The van der Waals surface area contributed by atoms with Gasteiger partial charge in [0.15, 0.2) is 0 Å². The highest BCUT2D eigenvalue weighted by Gasteiger charge is 2.27. The van der Waals surface area contributed by atoms with Crippen LogP contribution >= 0.6 is 27.5 Å². The number of piperidine rings is 1. The van der Waals surface area contributed by atoms with Gasteiger partial charge >= 0.3 is 10.2 Å². The quantitative estimate of drug-likeness (QED) is 0.889. The Hall–Kier alpha value is -0.300. The third kappa shape index (κ3) is 3.62. The molecule has 0 aliphatic carbocycles. The molecule has 1 unspecified atom stereocenters. The zero-order valence-electron chi connectivity index (χ0n) is 10.6. The second-order valence-corrected chi connectivity index (χ2v) is 7.68. The van der Waals surface area contributed by atoms with Gasteiger partial charge < -0.3 is 0 Å². The lowest BCUT2D eigenvalue weighted by molar-refractivity contribution is 0.282. The van der Waals surface area contributed by atoms with E-state index in [-0.39, 0.29) is 0 Å². The van der Waals surface area contributed by atoms with Crippen molar-refractivity contribution in [3.05, 3.63) is 27.7 Å². The maximum absolute atomic E-state index is 12.3. The molecule has 1 atom stereocenters. The Morgan fingerprint density at radius 1 is 1.47 bits per heavy atom. The standard InChI is InChI=1S/C12H16BrClN2O2S/c1-9-4-3-7-16(8-9)19(17,18)15-11-6-2-5-10(14)12(11)13/h2,5-6,9,15H,3-4,7-8H2,1H3. The van der Waals surface area contributed by atoms with Gasteiger partial charge in [0.25, 0.3) is 0 Å². The number of anilines is 1. The molecule has 0 spiro atoms. The summed E-state index contributed by atoms with van der Waals surface area (Å²) in [4.78, 5) is 0. The highest BCUT2D eigenvalue weighted by atomic mass is 79.9. The number of rotatable bonds is 3. The molecule has 1 aromatic carbocycles. The first-order valence-electron chi connectivity index (χ1n) is 6.12. The van der Waals surface area contributed by atoms with Gasteiger partial charge in [-0.15, -0.1) is 0 Å². The van der Waals surface area contributed by atoms with Gasteiger partial charge in [0.05, 0.1) is 15.2 Å². The Balaban J connectivity index is 2.19. The minimum atomic E-state index is -3.51. The van der Waals surface area contributed by atoms with Gasteiger partial charge in [-0.1, -0.05) is 24.6 Å². The molecule has 0 amide bonds. The molecule has 1 aliphatic heterocycles. The van der Waals surface area contributed by atoms with E-state index >= 15 is 0 Å². The van der Waals surface area contributed by atoms with Crippen LogP contribution in [0.1, 0.15) is 19.8 Å². The molecule has 1 saturated heterocycles. The van der Waals surface area contributed by atoms with E-state index in [0.29, 0.717) is 34.2 Å². The van der Waals surface area contributed by atoms with Crippen molar-refractivity contribution < 1.29 is 8.42 Å². The van der Waals surface area contributed by atoms with Crippen molar-refractivity contribution in [2.75, 3.05) is 17.8 Å². The summed E-state index contributed by atoms with van der Waals surface area (Å²) in [6.07, 6.45) is 1.98. The summed E-state index contributed by atoms with van der Waals surface area (Å²) < 4.78 is 29.3. The normalized spacial score (nSPS) is 21.3. The molecule has 1 heterocycles. The molecule has 7 heteroatoms. The van der Waals surface area contributed by atoms with Crippen LogP contribution in [0.15, 0.2) is 22.7 Å². The average Bonchev–Trinajstić information content (AvgIpc) is 2.35. The smallest absolute Gasteiger partial charge is 0.270 e. The van der Waals surface area contributed by atoms with E-state index in [1.54, 1.807) is 18.2 Å². The first-order valence-corrected chi connectivity index (χ1v) is 8.73. The Morgan fingerprint density at radius 3 is 2.89 bits per heavy atom. The highest BCUT2D eigenvalue weighted by molar-refractivity contribution is 9.10. The van der Waals surface area contributed by atoms with Crippen LogP contribution < -0.4 is 4.72 Å². The number of halogens is 2. The van der Waals surface area contributed by atoms with Gasteiger partial charge in [-0.05, 0) is 46.8 Å². The number of benzene rings is 1. The fourth-order valence-electron chi connectivity index (χ4n) is 2.15. The van der Waals surface area contributed by atoms with E-state index in [0.717, 1.165) is 12.8 Å². The topological polar surface area (TPSA) is 49.4 Å². The number of nitrogens with one attached hydrogen (secondary N) is 1. The summed E-state index contributed by atoms with van der Waals surface area (Å²) >= 11 is 9.25. The molecule has 0 aromatic heterocycles. The van der Waals surface area contributed by atoms with Crippen LogP contribution in [0.25, 0.3) is 0 Å². The monoisotopic (exact) mass is 366 g/mol. The number of nitrogens with zero attached hydrogens (tertiary/aromatic N) is 1. The molecular weight excluding hydrogens is 352 g/mol. The van der Waals surface area contributed by atoms with Crippen molar-refractivity contribution in [1.29, 1.82) is 0 Å². The summed E-state index contributed by atoms with van der Waals surface area (Å²) in [6.45, 7) is 3.20. The predicted molar refractivity (Wildman–Crippen MR) is 81.7 cm³/mol. The molecule has 106 valence electrons. The number of hydrogen-bond acceptors (Lipinski definition) is 2. The first-order chi connectivity index (χ1) is 8.90. The lowest BCUT2D eigenvalue weighted by Crippen LogP contribution is -2.42. The molecule has 0 radical (unpaired) electrons. The van der Waals surface area contributed by atoms with Crippen LogP contribution in [-0.2, 0) is 10.2 Å². The van der Waals surface area contributed by atoms with Gasteiger partial charge in [-0.25, -0.2) is 0 Å². The van der Waals surface area contributed by atoms with Gasteiger partial charge in [0.1, 0.15) is 0 Å². The summed E-state index contributed by atoms with van der Waals surface area (Å²) in [6, 6.07) is 5.09. The molecule has 1 N–H and O–H groups in total. The Kier molecular flexibility index (Phi) is 4.76. The maximum Gasteiger partial charge on any atom is 0.301 e. The van der Waals surface area contributed by atoms with Crippen molar-refractivity contribution >= 4 is 43.4 Å². The minimum Gasteiger partial charge on any atom is -0.270 e.